The number of rotatable bonds is 4. The lowest BCUT2D eigenvalue weighted by Crippen LogP contribution is -2.10. The quantitative estimate of drug-likeness (QED) is 0.286. The highest BCUT2D eigenvalue weighted by atomic mass is 35.5. The summed E-state index contributed by atoms with van der Waals surface area (Å²) in [7, 11) is 0. The normalized spacial score (nSPS) is 11.2. The predicted molar refractivity (Wildman–Crippen MR) is 126 cm³/mol. The van der Waals surface area contributed by atoms with Crippen LogP contribution in [0.25, 0.3) is 33.1 Å². The van der Waals surface area contributed by atoms with E-state index in [0.717, 1.165) is 16.3 Å². The Morgan fingerprint density at radius 1 is 0.774 bits per heavy atom. The first kappa shape index (κ1) is 19.7. The van der Waals surface area contributed by atoms with Gasteiger partial charge in [0.15, 0.2) is 5.76 Å². The summed E-state index contributed by atoms with van der Waals surface area (Å²) >= 11 is 12.2. The molecule has 0 aliphatic rings. The van der Waals surface area contributed by atoms with Crippen molar-refractivity contribution in [1.82, 2.24) is 0 Å². The van der Waals surface area contributed by atoms with E-state index in [4.69, 9.17) is 32.4 Å². The Bertz CT molecular complexity index is 1470. The van der Waals surface area contributed by atoms with Crippen molar-refractivity contribution in [2.24, 2.45) is 0 Å². The molecule has 5 heteroatoms. The Morgan fingerprint density at radius 2 is 1.52 bits per heavy atom. The molecule has 31 heavy (non-hydrogen) atoms. The molecule has 0 amide bonds. The zero-order valence-corrected chi connectivity index (χ0v) is 17.8. The van der Waals surface area contributed by atoms with Gasteiger partial charge in [0, 0.05) is 15.6 Å². The van der Waals surface area contributed by atoms with Crippen LogP contribution in [0.3, 0.4) is 0 Å². The van der Waals surface area contributed by atoms with Gasteiger partial charge < -0.3 is 9.15 Å². The Kier molecular flexibility index (Phi) is 5.14. The second-order valence-electron chi connectivity index (χ2n) is 7.16. The first-order valence-corrected chi connectivity index (χ1v) is 10.5. The maximum absolute atomic E-state index is 13.4. The van der Waals surface area contributed by atoms with Crippen LogP contribution < -0.4 is 10.2 Å². The standard InChI is InChI=1S/C26H16Cl2O3/c27-19-10-8-17(9-11-19)25-26(24(29)22-14-20(28)12-13-23(22)31-25)30-15-18-6-3-5-16-4-1-2-7-21(16)18/h1-14H,15H2. The summed E-state index contributed by atoms with van der Waals surface area (Å²) < 4.78 is 12.2. The van der Waals surface area contributed by atoms with Gasteiger partial charge in [0.25, 0.3) is 0 Å². The second-order valence-corrected chi connectivity index (χ2v) is 8.04. The van der Waals surface area contributed by atoms with Gasteiger partial charge in [0.2, 0.25) is 11.2 Å². The van der Waals surface area contributed by atoms with E-state index in [-0.39, 0.29) is 17.8 Å². The topological polar surface area (TPSA) is 39.4 Å². The monoisotopic (exact) mass is 446 g/mol. The Hall–Kier alpha value is -3.27. The number of halogens is 2. The molecule has 4 aromatic carbocycles. The fraction of sp³-hybridized carbons (Fsp3) is 0.0385. The average Bonchev–Trinajstić information content (AvgIpc) is 2.79. The summed E-state index contributed by atoms with van der Waals surface area (Å²) in [5.74, 6) is 0.502. The molecule has 0 spiro atoms. The van der Waals surface area contributed by atoms with Crippen LogP contribution in [0.1, 0.15) is 5.56 Å². The molecule has 0 unspecified atom stereocenters. The molecule has 1 aromatic heterocycles. The van der Waals surface area contributed by atoms with Crippen molar-refractivity contribution in [1.29, 1.82) is 0 Å². The van der Waals surface area contributed by atoms with E-state index in [0.29, 0.717) is 32.3 Å². The summed E-state index contributed by atoms with van der Waals surface area (Å²) in [6, 6.07) is 26.1. The molecule has 0 bridgehead atoms. The molecule has 0 radical (unpaired) electrons. The van der Waals surface area contributed by atoms with E-state index in [1.54, 1.807) is 42.5 Å². The molecule has 0 saturated heterocycles. The van der Waals surface area contributed by atoms with Crippen LogP contribution in [0.15, 0.2) is 94.1 Å². The largest absolute Gasteiger partial charge is 0.481 e. The van der Waals surface area contributed by atoms with Crippen LogP contribution in [-0.4, -0.2) is 0 Å². The zero-order chi connectivity index (χ0) is 21.4. The van der Waals surface area contributed by atoms with E-state index in [1.165, 1.54) is 0 Å². The summed E-state index contributed by atoms with van der Waals surface area (Å²) in [5.41, 5.74) is 1.85. The molecule has 0 saturated carbocycles. The van der Waals surface area contributed by atoms with Crippen molar-refractivity contribution in [3.8, 4) is 17.1 Å². The lowest BCUT2D eigenvalue weighted by Gasteiger charge is -2.13. The van der Waals surface area contributed by atoms with Crippen molar-refractivity contribution in [2.75, 3.05) is 0 Å². The number of hydrogen-bond donors (Lipinski definition) is 0. The minimum Gasteiger partial charge on any atom is -0.481 e. The molecular formula is C26H16Cl2O3. The lowest BCUT2D eigenvalue weighted by molar-refractivity contribution is 0.299. The van der Waals surface area contributed by atoms with Crippen LogP contribution >= 0.6 is 23.2 Å². The third-order valence-electron chi connectivity index (χ3n) is 5.17. The Morgan fingerprint density at radius 3 is 2.35 bits per heavy atom. The van der Waals surface area contributed by atoms with E-state index in [9.17, 15) is 4.79 Å². The van der Waals surface area contributed by atoms with Crippen molar-refractivity contribution >= 4 is 44.9 Å². The Labute approximate surface area is 188 Å². The molecule has 0 N–H and O–H groups in total. The highest BCUT2D eigenvalue weighted by Crippen LogP contribution is 2.33. The van der Waals surface area contributed by atoms with Crippen molar-refractivity contribution < 1.29 is 9.15 Å². The van der Waals surface area contributed by atoms with E-state index >= 15 is 0 Å². The van der Waals surface area contributed by atoms with E-state index in [2.05, 4.69) is 0 Å². The summed E-state index contributed by atoms with van der Waals surface area (Å²) in [6.45, 7) is 0.221. The summed E-state index contributed by atoms with van der Waals surface area (Å²) in [4.78, 5) is 13.4. The predicted octanol–water partition coefficient (Wildman–Crippen LogP) is 7.50. The third-order valence-corrected chi connectivity index (χ3v) is 5.66. The van der Waals surface area contributed by atoms with Gasteiger partial charge in [-0.15, -0.1) is 0 Å². The minimum atomic E-state index is -0.270. The van der Waals surface area contributed by atoms with Gasteiger partial charge in [0.05, 0.1) is 5.39 Å². The number of ether oxygens (including phenoxy) is 1. The van der Waals surface area contributed by atoms with Gasteiger partial charge in [-0.05, 0) is 58.8 Å². The van der Waals surface area contributed by atoms with Gasteiger partial charge in [-0.25, -0.2) is 0 Å². The lowest BCUT2D eigenvalue weighted by atomic mass is 10.1. The van der Waals surface area contributed by atoms with Gasteiger partial charge in [-0.3, -0.25) is 4.79 Å². The molecule has 1 heterocycles. The first-order chi connectivity index (χ1) is 15.1. The summed E-state index contributed by atoms with van der Waals surface area (Å²) in [6.07, 6.45) is 0. The minimum absolute atomic E-state index is 0.144. The van der Waals surface area contributed by atoms with Gasteiger partial charge in [-0.2, -0.15) is 0 Å². The van der Waals surface area contributed by atoms with Crippen molar-refractivity contribution in [2.45, 2.75) is 6.61 Å². The SMILES string of the molecule is O=c1c(OCc2cccc3ccccc23)c(-c2ccc(Cl)cc2)oc2ccc(Cl)cc12. The van der Waals surface area contributed by atoms with Gasteiger partial charge in [-0.1, -0.05) is 65.7 Å². The number of benzene rings is 4. The molecule has 0 fully saturated rings. The average molecular weight is 447 g/mol. The second kappa shape index (κ2) is 8.10. The van der Waals surface area contributed by atoms with Crippen LogP contribution in [0.2, 0.25) is 10.0 Å². The maximum Gasteiger partial charge on any atom is 0.235 e. The van der Waals surface area contributed by atoms with E-state index in [1.807, 2.05) is 42.5 Å². The van der Waals surface area contributed by atoms with Crippen molar-refractivity contribution in [3.05, 3.63) is 111 Å². The van der Waals surface area contributed by atoms with Crippen LogP contribution in [0.4, 0.5) is 0 Å². The summed E-state index contributed by atoms with van der Waals surface area (Å²) in [5, 5.41) is 3.61. The van der Waals surface area contributed by atoms with Crippen LogP contribution in [-0.2, 0) is 6.61 Å². The molecular weight excluding hydrogens is 431 g/mol. The van der Waals surface area contributed by atoms with E-state index < -0.39 is 0 Å². The van der Waals surface area contributed by atoms with Crippen LogP contribution in [0.5, 0.6) is 5.75 Å². The molecule has 0 aliphatic carbocycles. The van der Waals surface area contributed by atoms with Crippen LogP contribution in [0, 0.1) is 0 Å². The smallest absolute Gasteiger partial charge is 0.235 e. The van der Waals surface area contributed by atoms with Gasteiger partial charge in [0.1, 0.15) is 12.2 Å². The molecule has 0 atom stereocenters. The fourth-order valence-corrected chi connectivity index (χ4v) is 3.94. The highest BCUT2D eigenvalue weighted by molar-refractivity contribution is 6.31. The maximum atomic E-state index is 13.4. The fourth-order valence-electron chi connectivity index (χ4n) is 3.64. The molecule has 3 nitrogen and oxygen atoms in total. The third kappa shape index (κ3) is 3.78. The highest BCUT2D eigenvalue weighted by Gasteiger charge is 2.18. The molecule has 5 rings (SSSR count). The Balaban J connectivity index is 1.65. The molecule has 0 aliphatic heterocycles. The first-order valence-electron chi connectivity index (χ1n) is 9.72. The molecule has 5 aromatic rings. The number of hydrogen-bond acceptors (Lipinski definition) is 3. The molecule has 152 valence electrons. The van der Waals surface area contributed by atoms with Gasteiger partial charge >= 0.3 is 0 Å². The number of fused-ring (bicyclic) bond motifs is 2. The van der Waals surface area contributed by atoms with Crippen molar-refractivity contribution in [3.63, 3.8) is 0 Å². The zero-order valence-electron chi connectivity index (χ0n) is 16.3.